The highest BCUT2D eigenvalue weighted by atomic mass is 32.1. The standard InChI is InChI=1S/C14H20N2O2S2/c1-13(2,3)15-11(17)9-6-7-10(20-9)12(18)16-14(4,5)8-19/h6-8H,1-5H3,(H,15,17)(H,16,18). The Hall–Kier alpha value is -1.27. The zero-order valence-electron chi connectivity index (χ0n) is 12.4. The molecule has 110 valence electrons. The van der Waals surface area contributed by atoms with Gasteiger partial charge in [0.2, 0.25) is 0 Å². The third-order valence-corrected chi connectivity index (χ3v) is 3.94. The molecule has 0 fully saturated rings. The third-order valence-electron chi connectivity index (χ3n) is 2.27. The highest BCUT2D eigenvalue weighted by molar-refractivity contribution is 7.79. The van der Waals surface area contributed by atoms with E-state index in [1.165, 1.54) is 16.7 Å². The molecule has 6 heteroatoms. The second kappa shape index (κ2) is 6.01. The first-order valence-electron chi connectivity index (χ1n) is 6.25. The Balaban J connectivity index is 2.80. The maximum atomic E-state index is 12.0. The Labute approximate surface area is 129 Å². The molecule has 0 aliphatic carbocycles. The van der Waals surface area contributed by atoms with Gasteiger partial charge in [-0.15, -0.1) is 11.3 Å². The summed E-state index contributed by atoms with van der Waals surface area (Å²) < 4.78 is 0. The smallest absolute Gasteiger partial charge is 0.262 e. The van der Waals surface area contributed by atoms with Crippen molar-refractivity contribution < 1.29 is 9.59 Å². The Morgan fingerprint density at radius 1 is 1.05 bits per heavy atom. The average molecular weight is 312 g/mol. The molecule has 4 nitrogen and oxygen atoms in total. The van der Waals surface area contributed by atoms with Crippen LogP contribution < -0.4 is 10.6 Å². The van der Waals surface area contributed by atoms with Gasteiger partial charge in [0.15, 0.2) is 0 Å². The summed E-state index contributed by atoms with van der Waals surface area (Å²) >= 11 is 6.03. The molecule has 0 atom stereocenters. The summed E-state index contributed by atoms with van der Waals surface area (Å²) in [7, 11) is 0. The lowest BCUT2D eigenvalue weighted by Gasteiger charge is -2.20. The molecule has 2 amide bonds. The van der Waals surface area contributed by atoms with Crippen LogP contribution in [0.5, 0.6) is 0 Å². The number of carbonyl (C=O) groups excluding carboxylic acids is 2. The monoisotopic (exact) mass is 312 g/mol. The van der Waals surface area contributed by atoms with E-state index in [0.717, 1.165) is 0 Å². The van der Waals surface area contributed by atoms with Gasteiger partial charge in [0.05, 0.1) is 15.3 Å². The van der Waals surface area contributed by atoms with Gasteiger partial charge in [-0.1, -0.05) is 12.2 Å². The van der Waals surface area contributed by atoms with Crippen LogP contribution in [0.3, 0.4) is 0 Å². The summed E-state index contributed by atoms with van der Waals surface area (Å²) in [5, 5.41) is 7.17. The number of amides is 2. The third kappa shape index (κ3) is 5.02. The molecule has 1 rings (SSSR count). The number of rotatable bonds is 4. The molecule has 1 heterocycles. The van der Waals surface area contributed by atoms with Crippen molar-refractivity contribution in [3.05, 3.63) is 21.9 Å². The fourth-order valence-corrected chi connectivity index (χ4v) is 2.22. The number of thiocarbonyl (C=S) groups is 1. The van der Waals surface area contributed by atoms with E-state index in [1.807, 2.05) is 34.6 Å². The molecule has 2 N–H and O–H groups in total. The molecule has 0 aromatic carbocycles. The van der Waals surface area contributed by atoms with E-state index in [9.17, 15) is 9.59 Å². The minimum Gasteiger partial charge on any atom is -0.347 e. The van der Waals surface area contributed by atoms with E-state index in [2.05, 4.69) is 10.6 Å². The summed E-state index contributed by atoms with van der Waals surface area (Å²) in [5.74, 6) is -0.397. The van der Waals surface area contributed by atoms with Crippen molar-refractivity contribution in [3.63, 3.8) is 0 Å². The van der Waals surface area contributed by atoms with Crippen molar-refractivity contribution in [1.82, 2.24) is 10.6 Å². The molecule has 0 saturated heterocycles. The Kier molecular flexibility index (Phi) is 5.05. The van der Waals surface area contributed by atoms with Crippen LogP contribution in [0.2, 0.25) is 0 Å². The summed E-state index contributed by atoms with van der Waals surface area (Å²) in [6.07, 6.45) is 0. The zero-order valence-corrected chi connectivity index (χ0v) is 14.0. The lowest BCUT2D eigenvalue weighted by molar-refractivity contribution is 0.0920. The first-order chi connectivity index (χ1) is 9.04. The van der Waals surface area contributed by atoms with Crippen molar-refractivity contribution in [1.29, 1.82) is 0 Å². The minimum atomic E-state index is -0.551. The zero-order chi connectivity index (χ0) is 15.6. The Morgan fingerprint density at radius 3 is 1.90 bits per heavy atom. The van der Waals surface area contributed by atoms with Crippen molar-refractivity contribution in [3.8, 4) is 0 Å². The van der Waals surface area contributed by atoms with Gasteiger partial charge in [-0.25, -0.2) is 0 Å². The summed E-state index contributed by atoms with van der Waals surface area (Å²) in [5.41, 5.74) is -0.854. The molecule has 0 saturated carbocycles. The molecule has 0 spiro atoms. The van der Waals surface area contributed by atoms with E-state index in [4.69, 9.17) is 12.2 Å². The molecule has 0 unspecified atom stereocenters. The Bertz CT molecular complexity index is 528. The van der Waals surface area contributed by atoms with Crippen LogP contribution >= 0.6 is 23.6 Å². The fourth-order valence-electron chi connectivity index (χ4n) is 1.37. The number of hydrogen-bond donors (Lipinski definition) is 2. The lowest BCUT2D eigenvalue weighted by Crippen LogP contribution is -2.43. The normalized spacial score (nSPS) is 11.8. The lowest BCUT2D eigenvalue weighted by atomic mass is 10.1. The highest BCUT2D eigenvalue weighted by Crippen LogP contribution is 2.18. The largest absolute Gasteiger partial charge is 0.347 e. The molecule has 0 bridgehead atoms. The van der Waals surface area contributed by atoms with Crippen LogP contribution in [0.15, 0.2) is 12.1 Å². The number of nitrogens with one attached hydrogen (secondary N) is 2. The first-order valence-corrected chi connectivity index (χ1v) is 7.54. The maximum Gasteiger partial charge on any atom is 0.262 e. The minimum absolute atomic E-state index is 0.171. The molecule has 1 aromatic heterocycles. The van der Waals surface area contributed by atoms with Crippen molar-refractivity contribution in [2.75, 3.05) is 0 Å². The second-order valence-corrected chi connectivity index (χ2v) is 7.48. The predicted octanol–water partition coefficient (Wildman–Crippen LogP) is 2.78. The second-order valence-electron chi connectivity index (χ2n) is 6.16. The topological polar surface area (TPSA) is 58.2 Å². The van der Waals surface area contributed by atoms with Crippen LogP contribution in [-0.2, 0) is 0 Å². The van der Waals surface area contributed by atoms with Crippen LogP contribution in [0.4, 0.5) is 0 Å². The molecule has 0 aliphatic heterocycles. The van der Waals surface area contributed by atoms with Gasteiger partial charge in [0, 0.05) is 10.9 Å². The number of hydrogen-bond acceptors (Lipinski definition) is 4. The maximum absolute atomic E-state index is 12.0. The van der Waals surface area contributed by atoms with E-state index in [-0.39, 0.29) is 17.4 Å². The number of carbonyl (C=O) groups is 2. The van der Waals surface area contributed by atoms with Gasteiger partial charge in [-0.3, -0.25) is 9.59 Å². The fraction of sp³-hybridized carbons (Fsp3) is 0.500. The SMILES string of the molecule is CC(C)(C)NC(=O)c1ccc(C(=O)NC(C)(C)C=S)s1. The molecular weight excluding hydrogens is 292 g/mol. The van der Waals surface area contributed by atoms with Crippen molar-refractivity contribution in [2.24, 2.45) is 0 Å². The van der Waals surface area contributed by atoms with E-state index < -0.39 is 5.54 Å². The molecule has 0 radical (unpaired) electrons. The van der Waals surface area contributed by atoms with Gasteiger partial charge in [-0.2, -0.15) is 0 Å². The average Bonchev–Trinajstić information content (AvgIpc) is 2.75. The first kappa shape index (κ1) is 16.8. The van der Waals surface area contributed by atoms with E-state index >= 15 is 0 Å². The van der Waals surface area contributed by atoms with Crippen LogP contribution in [0, 0.1) is 0 Å². The predicted molar refractivity (Wildman–Crippen MR) is 86.7 cm³/mol. The van der Waals surface area contributed by atoms with Crippen molar-refractivity contribution >= 4 is 40.7 Å². The molecule has 20 heavy (non-hydrogen) atoms. The quantitative estimate of drug-likeness (QED) is 0.841. The van der Waals surface area contributed by atoms with Crippen LogP contribution in [0.25, 0.3) is 0 Å². The summed E-state index contributed by atoms with van der Waals surface area (Å²) in [6, 6.07) is 3.31. The van der Waals surface area contributed by atoms with Gasteiger partial charge in [0.25, 0.3) is 11.8 Å². The van der Waals surface area contributed by atoms with Gasteiger partial charge < -0.3 is 10.6 Å². The van der Waals surface area contributed by atoms with Crippen LogP contribution in [0.1, 0.15) is 54.0 Å². The van der Waals surface area contributed by atoms with Gasteiger partial charge in [0.1, 0.15) is 0 Å². The highest BCUT2D eigenvalue weighted by Gasteiger charge is 2.21. The van der Waals surface area contributed by atoms with E-state index in [1.54, 1.807) is 12.1 Å². The Morgan fingerprint density at radius 2 is 1.50 bits per heavy atom. The van der Waals surface area contributed by atoms with Gasteiger partial charge >= 0.3 is 0 Å². The van der Waals surface area contributed by atoms with Gasteiger partial charge in [-0.05, 0) is 46.8 Å². The van der Waals surface area contributed by atoms with E-state index in [0.29, 0.717) is 9.75 Å². The summed E-state index contributed by atoms with van der Waals surface area (Å²) in [4.78, 5) is 25.0. The molecule has 0 aliphatic rings. The van der Waals surface area contributed by atoms with Crippen molar-refractivity contribution in [2.45, 2.75) is 45.7 Å². The molecular formula is C14H20N2O2S2. The number of thiophene rings is 1. The molecule has 1 aromatic rings. The van der Waals surface area contributed by atoms with Crippen LogP contribution in [-0.4, -0.2) is 28.3 Å². The summed E-state index contributed by atoms with van der Waals surface area (Å²) in [6.45, 7) is 9.37.